The molecule has 0 saturated heterocycles. The minimum absolute atomic E-state index is 0.113. The van der Waals surface area contributed by atoms with Crippen LogP contribution in [0.3, 0.4) is 0 Å². The molecule has 1 N–H and O–H groups in total. The first-order chi connectivity index (χ1) is 10.7. The molecular weight excluding hydrogens is 272 g/mol. The number of carbonyl (C=O) groups is 1. The Kier molecular flexibility index (Phi) is 6.50. The quantitative estimate of drug-likeness (QED) is 0.776. The largest absolute Gasteiger partial charge is 0.362 e. The maximum atomic E-state index is 12.2. The highest BCUT2D eigenvalue weighted by Crippen LogP contribution is 2.20. The fourth-order valence-corrected chi connectivity index (χ4v) is 3.01. The van der Waals surface area contributed by atoms with E-state index >= 15 is 0 Å². The van der Waals surface area contributed by atoms with Crippen LogP contribution in [0, 0.1) is 6.92 Å². The van der Waals surface area contributed by atoms with Gasteiger partial charge in [-0.3, -0.25) is 4.79 Å². The number of allylic oxidation sites excluding steroid dienone is 1. The smallest absolute Gasteiger partial charge is 0.239 e. The van der Waals surface area contributed by atoms with Crippen LogP contribution in [0.5, 0.6) is 0 Å². The molecule has 0 spiro atoms. The number of hydrogen-bond acceptors (Lipinski definition) is 2. The monoisotopic (exact) mass is 300 g/mol. The number of rotatable bonds is 7. The van der Waals surface area contributed by atoms with Crippen LogP contribution < -0.4 is 10.2 Å². The van der Waals surface area contributed by atoms with Gasteiger partial charge in [-0.2, -0.15) is 0 Å². The second kappa shape index (κ2) is 8.62. The number of aryl methyl sites for hydroxylation is 1. The fraction of sp³-hybridized carbons (Fsp3) is 0.526. The molecule has 1 aromatic rings. The second-order valence-corrected chi connectivity index (χ2v) is 6.01. The van der Waals surface area contributed by atoms with Crippen molar-refractivity contribution in [1.82, 2.24) is 5.32 Å². The molecule has 0 atom stereocenters. The molecule has 1 aliphatic carbocycles. The van der Waals surface area contributed by atoms with Crippen molar-refractivity contribution in [2.75, 3.05) is 24.5 Å². The molecule has 22 heavy (non-hydrogen) atoms. The topological polar surface area (TPSA) is 32.3 Å². The van der Waals surface area contributed by atoms with Gasteiger partial charge in [-0.05, 0) is 57.6 Å². The van der Waals surface area contributed by atoms with Crippen molar-refractivity contribution < 1.29 is 4.79 Å². The summed E-state index contributed by atoms with van der Waals surface area (Å²) in [5.41, 5.74) is 3.87. The summed E-state index contributed by atoms with van der Waals surface area (Å²) in [7, 11) is 0. The number of nitrogens with one attached hydrogen (secondary N) is 1. The highest BCUT2D eigenvalue weighted by molar-refractivity contribution is 5.81. The molecule has 0 aromatic heterocycles. The summed E-state index contributed by atoms with van der Waals surface area (Å²) in [5, 5.41) is 3.06. The fourth-order valence-electron chi connectivity index (χ4n) is 3.01. The molecule has 0 radical (unpaired) electrons. The molecule has 120 valence electrons. The Labute approximate surface area is 134 Å². The van der Waals surface area contributed by atoms with Gasteiger partial charge in [0.2, 0.25) is 5.91 Å². The lowest BCUT2D eigenvalue weighted by Crippen LogP contribution is -2.38. The summed E-state index contributed by atoms with van der Waals surface area (Å²) < 4.78 is 0. The van der Waals surface area contributed by atoms with Crippen LogP contribution in [0.4, 0.5) is 5.69 Å². The van der Waals surface area contributed by atoms with Crippen LogP contribution >= 0.6 is 0 Å². The van der Waals surface area contributed by atoms with Gasteiger partial charge in [-0.1, -0.05) is 29.8 Å². The number of carbonyl (C=O) groups excluding carboxylic acids is 1. The van der Waals surface area contributed by atoms with E-state index in [4.69, 9.17) is 0 Å². The first kappa shape index (κ1) is 16.6. The minimum atomic E-state index is 0.113. The Morgan fingerprint density at radius 3 is 2.77 bits per heavy atom. The number of nitrogens with zero attached hydrogens (tertiary/aromatic N) is 1. The van der Waals surface area contributed by atoms with E-state index in [9.17, 15) is 4.79 Å². The van der Waals surface area contributed by atoms with Crippen LogP contribution in [-0.2, 0) is 4.79 Å². The van der Waals surface area contributed by atoms with E-state index in [0.717, 1.165) is 25.2 Å². The molecule has 1 aromatic carbocycles. The van der Waals surface area contributed by atoms with Crippen molar-refractivity contribution in [1.29, 1.82) is 0 Å². The van der Waals surface area contributed by atoms with Gasteiger partial charge in [0.25, 0.3) is 0 Å². The van der Waals surface area contributed by atoms with Gasteiger partial charge >= 0.3 is 0 Å². The normalized spacial score (nSPS) is 14.4. The highest BCUT2D eigenvalue weighted by atomic mass is 16.2. The first-order valence-corrected chi connectivity index (χ1v) is 8.46. The number of amides is 1. The van der Waals surface area contributed by atoms with Crippen molar-refractivity contribution in [3.8, 4) is 0 Å². The van der Waals surface area contributed by atoms with E-state index in [1.165, 1.54) is 36.8 Å². The molecular formula is C19H28N2O. The van der Waals surface area contributed by atoms with Crippen molar-refractivity contribution >= 4 is 11.6 Å². The summed E-state index contributed by atoms with van der Waals surface area (Å²) in [6.45, 7) is 6.21. The molecule has 3 heteroatoms. The molecule has 0 heterocycles. The highest BCUT2D eigenvalue weighted by Gasteiger charge is 2.11. The van der Waals surface area contributed by atoms with E-state index in [-0.39, 0.29) is 5.91 Å². The summed E-state index contributed by atoms with van der Waals surface area (Å²) in [6, 6.07) is 8.23. The van der Waals surface area contributed by atoms with Crippen molar-refractivity contribution in [2.45, 2.75) is 46.0 Å². The molecule has 1 aliphatic rings. The molecule has 1 amide bonds. The Morgan fingerprint density at radius 1 is 1.27 bits per heavy atom. The number of anilines is 1. The lowest BCUT2D eigenvalue weighted by Gasteiger charge is -2.24. The Bertz CT molecular complexity index is 522. The van der Waals surface area contributed by atoms with Crippen LogP contribution in [0.1, 0.15) is 44.6 Å². The minimum Gasteiger partial charge on any atom is -0.362 e. The number of hydrogen-bond donors (Lipinski definition) is 1. The van der Waals surface area contributed by atoms with Crippen molar-refractivity contribution in [2.24, 2.45) is 0 Å². The zero-order chi connectivity index (χ0) is 15.8. The third-order valence-electron chi connectivity index (χ3n) is 4.33. The van der Waals surface area contributed by atoms with Gasteiger partial charge in [-0.15, -0.1) is 0 Å². The zero-order valence-electron chi connectivity index (χ0n) is 13.9. The summed E-state index contributed by atoms with van der Waals surface area (Å²) in [6.07, 6.45) is 8.39. The average Bonchev–Trinajstić information content (AvgIpc) is 2.54. The zero-order valence-corrected chi connectivity index (χ0v) is 13.9. The van der Waals surface area contributed by atoms with Gasteiger partial charge in [0.05, 0.1) is 6.54 Å². The Balaban J connectivity index is 1.80. The van der Waals surface area contributed by atoms with E-state index in [1.807, 2.05) is 12.1 Å². The maximum Gasteiger partial charge on any atom is 0.239 e. The predicted octanol–water partition coefficient (Wildman–Crippen LogP) is 3.83. The van der Waals surface area contributed by atoms with Crippen molar-refractivity contribution in [3.05, 3.63) is 41.5 Å². The molecule has 2 rings (SSSR count). The second-order valence-electron chi connectivity index (χ2n) is 6.01. The summed E-state index contributed by atoms with van der Waals surface area (Å²) >= 11 is 0. The summed E-state index contributed by atoms with van der Waals surface area (Å²) in [5.74, 6) is 0.113. The number of para-hydroxylation sites is 1. The van der Waals surface area contributed by atoms with E-state index in [0.29, 0.717) is 6.54 Å². The molecule has 0 unspecified atom stereocenters. The molecule has 0 aliphatic heterocycles. The SMILES string of the molecule is CCN(CC(=O)NCCC1=CCCCC1)c1ccccc1C. The van der Waals surface area contributed by atoms with Gasteiger partial charge < -0.3 is 10.2 Å². The number of benzene rings is 1. The standard InChI is InChI=1S/C19H28N2O/c1-3-21(18-12-8-7-9-16(18)2)15-19(22)20-14-13-17-10-5-4-6-11-17/h7-10,12H,3-6,11,13-15H2,1-2H3,(H,20,22). The maximum absolute atomic E-state index is 12.2. The van der Waals surface area contributed by atoms with Crippen LogP contribution in [0.2, 0.25) is 0 Å². The predicted molar refractivity (Wildman–Crippen MR) is 93.2 cm³/mol. The van der Waals surface area contributed by atoms with Crippen LogP contribution in [-0.4, -0.2) is 25.5 Å². The third kappa shape index (κ3) is 4.90. The molecule has 0 saturated carbocycles. The van der Waals surface area contributed by atoms with Gasteiger partial charge in [0.1, 0.15) is 0 Å². The van der Waals surface area contributed by atoms with Gasteiger partial charge in [-0.25, -0.2) is 0 Å². The van der Waals surface area contributed by atoms with E-state index in [1.54, 1.807) is 0 Å². The van der Waals surface area contributed by atoms with Crippen LogP contribution in [0.25, 0.3) is 0 Å². The molecule has 0 bridgehead atoms. The number of likely N-dealkylation sites (N-methyl/N-ethyl adjacent to an activating group) is 1. The van der Waals surface area contributed by atoms with Crippen LogP contribution in [0.15, 0.2) is 35.9 Å². The lowest BCUT2D eigenvalue weighted by atomic mass is 9.97. The molecule has 0 fully saturated rings. The van der Waals surface area contributed by atoms with E-state index in [2.05, 4.69) is 42.3 Å². The van der Waals surface area contributed by atoms with Gasteiger partial charge in [0.15, 0.2) is 0 Å². The first-order valence-electron chi connectivity index (χ1n) is 8.46. The van der Waals surface area contributed by atoms with Crippen molar-refractivity contribution in [3.63, 3.8) is 0 Å². The Hall–Kier alpha value is -1.77. The summed E-state index contributed by atoms with van der Waals surface area (Å²) in [4.78, 5) is 14.3. The molecule has 3 nitrogen and oxygen atoms in total. The lowest BCUT2D eigenvalue weighted by molar-refractivity contribution is -0.119. The third-order valence-corrected chi connectivity index (χ3v) is 4.33. The Morgan fingerprint density at radius 2 is 2.09 bits per heavy atom. The average molecular weight is 300 g/mol. The van der Waals surface area contributed by atoms with E-state index < -0.39 is 0 Å². The van der Waals surface area contributed by atoms with Gasteiger partial charge in [0, 0.05) is 18.8 Å².